The lowest BCUT2D eigenvalue weighted by atomic mass is 9.85. The van der Waals surface area contributed by atoms with Crippen LogP contribution in [0.1, 0.15) is 42.6 Å². The van der Waals surface area contributed by atoms with Crippen molar-refractivity contribution in [1.29, 1.82) is 0 Å². The van der Waals surface area contributed by atoms with Crippen molar-refractivity contribution >= 4 is 11.6 Å². The van der Waals surface area contributed by atoms with Crippen LogP contribution in [0.3, 0.4) is 0 Å². The Hall–Kier alpha value is -2.16. The highest BCUT2D eigenvalue weighted by molar-refractivity contribution is 6.02. The third kappa shape index (κ3) is 3.69. The van der Waals surface area contributed by atoms with Crippen molar-refractivity contribution < 1.29 is 4.79 Å². The average molecular weight is 282 g/mol. The van der Waals surface area contributed by atoms with E-state index in [0.29, 0.717) is 11.5 Å². The van der Waals surface area contributed by atoms with Crippen LogP contribution in [0, 0.1) is 12.8 Å². The van der Waals surface area contributed by atoms with Crippen LogP contribution in [0.2, 0.25) is 0 Å². The molecule has 1 aromatic rings. The molecule has 0 radical (unpaired) electrons. The molecule has 110 valence electrons. The van der Waals surface area contributed by atoms with E-state index in [9.17, 15) is 4.79 Å². The molecule has 0 spiro atoms. The van der Waals surface area contributed by atoms with Crippen LogP contribution >= 0.6 is 0 Å². The smallest absolute Gasteiger partial charge is 0.267 e. The summed E-state index contributed by atoms with van der Waals surface area (Å²) < 4.78 is 0. The molecule has 1 aliphatic carbocycles. The minimum atomic E-state index is -0.161. The predicted octanol–water partition coefficient (Wildman–Crippen LogP) is 4.01. The van der Waals surface area contributed by atoms with Gasteiger partial charge in [0.25, 0.3) is 5.91 Å². The van der Waals surface area contributed by atoms with Crippen molar-refractivity contribution in [2.75, 3.05) is 0 Å². The number of hydrogen-bond acceptors (Lipinski definition) is 2. The van der Waals surface area contributed by atoms with Gasteiger partial charge in [-0.2, -0.15) is 5.10 Å². The molecule has 1 unspecified atom stereocenters. The second-order valence-corrected chi connectivity index (χ2v) is 5.68. The molecule has 0 saturated heterocycles. The maximum absolute atomic E-state index is 12.2. The summed E-state index contributed by atoms with van der Waals surface area (Å²) in [4.78, 5) is 12.2. The minimum Gasteiger partial charge on any atom is -0.267 e. The Labute approximate surface area is 126 Å². The SMILES string of the molecule is C=C(C)C1CC=C(C)C(=NNC(=O)c2ccccc2C)C1. The molecule has 1 N–H and O–H groups in total. The first-order chi connectivity index (χ1) is 9.99. The standard InChI is InChI=1S/C18H22N2O/c1-12(2)15-10-9-14(4)17(11-15)19-20-18(21)16-8-6-5-7-13(16)3/h5-9,15H,1,10-11H2,2-4H3,(H,20,21). The number of hydrogen-bond donors (Lipinski definition) is 1. The fourth-order valence-electron chi connectivity index (χ4n) is 2.43. The molecule has 1 amide bonds. The number of nitrogens with zero attached hydrogens (tertiary/aromatic N) is 1. The van der Waals surface area contributed by atoms with Gasteiger partial charge in [0.15, 0.2) is 0 Å². The summed E-state index contributed by atoms with van der Waals surface area (Å²) in [7, 11) is 0. The minimum absolute atomic E-state index is 0.161. The van der Waals surface area contributed by atoms with Gasteiger partial charge in [0.05, 0.1) is 5.71 Å². The lowest BCUT2D eigenvalue weighted by Gasteiger charge is -2.22. The number of nitrogens with one attached hydrogen (secondary N) is 1. The number of carbonyl (C=O) groups excluding carboxylic acids is 1. The van der Waals surface area contributed by atoms with Crippen molar-refractivity contribution in [2.45, 2.75) is 33.6 Å². The second-order valence-electron chi connectivity index (χ2n) is 5.68. The lowest BCUT2D eigenvalue weighted by Crippen LogP contribution is -2.23. The van der Waals surface area contributed by atoms with Crippen LogP contribution < -0.4 is 5.43 Å². The van der Waals surface area contributed by atoms with Gasteiger partial charge in [-0.25, -0.2) is 5.43 Å². The van der Waals surface area contributed by atoms with Gasteiger partial charge in [-0.1, -0.05) is 36.4 Å². The molecule has 21 heavy (non-hydrogen) atoms. The van der Waals surface area contributed by atoms with Gasteiger partial charge < -0.3 is 0 Å². The van der Waals surface area contributed by atoms with Crippen molar-refractivity contribution in [3.63, 3.8) is 0 Å². The van der Waals surface area contributed by atoms with Crippen LogP contribution in [0.15, 0.2) is 53.2 Å². The number of amides is 1. The largest absolute Gasteiger partial charge is 0.271 e. The van der Waals surface area contributed by atoms with Crippen LogP contribution in [0.4, 0.5) is 0 Å². The lowest BCUT2D eigenvalue weighted by molar-refractivity contribution is 0.0954. The van der Waals surface area contributed by atoms with Crippen LogP contribution in [0.5, 0.6) is 0 Å². The molecular weight excluding hydrogens is 260 g/mol. The fourth-order valence-corrected chi connectivity index (χ4v) is 2.43. The Morgan fingerprint density at radius 2 is 2.05 bits per heavy atom. The zero-order valence-electron chi connectivity index (χ0n) is 12.9. The van der Waals surface area contributed by atoms with Gasteiger partial charge in [-0.05, 0) is 56.7 Å². The van der Waals surface area contributed by atoms with Crippen molar-refractivity contribution in [2.24, 2.45) is 11.0 Å². The molecule has 0 saturated carbocycles. The highest BCUT2D eigenvalue weighted by Gasteiger charge is 2.19. The molecule has 3 heteroatoms. The fraction of sp³-hybridized carbons (Fsp3) is 0.333. The Morgan fingerprint density at radius 1 is 1.33 bits per heavy atom. The number of allylic oxidation sites excluding steroid dienone is 3. The van der Waals surface area contributed by atoms with Gasteiger partial charge in [0, 0.05) is 5.56 Å². The van der Waals surface area contributed by atoms with E-state index in [2.05, 4.69) is 23.2 Å². The summed E-state index contributed by atoms with van der Waals surface area (Å²) in [5.41, 5.74) is 7.53. The number of carbonyl (C=O) groups is 1. The first-order valence-corrected chi connectivity index (χ1v) is 7.24. The van der Waals surface area contributed by atoms with Gasteiger partial charge in [0.1, 0.15) is 0 Å². The highest BCUT2D eigenvalue weighted by atomic mass is 16.2. The van der Waals surface area contributed by atoms with Gasteiger partial charge in [-0.15, -0.1) is 0 Å². The van der Waals surface area contributed by atoms with E-state index < -0.39 is 0 Å². The van der Waals surface area contributed by atoms with Crippen molar-refractivity contribution in [3.05, 3.63) is 59.2 Å². The zero-order valence-corrected chi connectivity index (χ0v) is 12.9. The number of rotatable bonds is 3. The molecule has 0 bridgehead atoms. The zero-order chi connectivity index (χ0) is 15.4. The maximum Gasteiger partial charge on any atom is 0.271 e. The second kappa shape index (κ2) is 6.53. The number of benzene rings is 1. The summed E-state index contributed by atoms with van der Waals surface area (Å²) >= 11 is 0. The van der Waals surface area contributed by atoms with Crippen molar-refractivity contribution in [3.8, 4) is 0 Å². The van der Waals surface area contributed by atoms with E-state index in [-0.39, 0.29) is 5.91 Å². The molecule has 1 aliphatic rings. The van der Waals surface area contributed by atoms with Gasteiger partial charge >= 0.3 is 0 Å². The molecule has 0 fully saturated rings. The van der Waals surface area contributed by atoms with Crippen LogP contribution in [-0.2, 0) is 0 Å². The molecule has 1 aromatic carbocycles. The number of hydrazone groups is 1. The molecule has 2 rings (SSSR count). The summed E-state index contributed by atoms with van der Waals surface area (Å²) in [6.45, 7) is 10.0. The Bertz CT molecular complexity index is 626. The van der Waals surface area contributed by atoms with E-state index in [1.54, 1.807) is 0 Å². The maximum atomic E-state index is 12.2. The average Bonchev–Trinajstić information content (AvgIpc) is 2.46. The highest BCUT2D eigenvalue weighted by Crippen LogP contribution is 2.26. The summed E-state index contributed by atoms with van der Waals surface area (Å²) in [5, 5.41) is 4.32. The Kier molecular flexibility index (Phi) is 4.73. The van der Waals surface area contributed by atoms with Crippen molar-refractivity contribution in [1.82, 2.24) is 5.43 Å². The molecule has 0 aliphatic heterocycles. The van der Waals surface area contributed by atoms with Crippen LogP contribution in [0.25, 0.3) is 0 Å². The van der Waals surface area contributed by atoms with Gasteiger partial charge in [0.2, 0.25) is 0 Å². The molecule has 3 nitrogen and oxygen atoms in total. The van der Waals surface area contributed by atoms with Crippen LogP contribution in [-0.4, -0.2) is 11.6 Å². The quantitative estimate of drug-likeness (QED) is 0.660. The Balaban J connectivity index is 2.12. The molecule has 0 aromatic heterocycles. The molecule has 1 atom stereocenters. The normalized spacial score (nSPS) is 20.0. The first kappa shape index (κ1) is 15.2. The Morgan fingerprint density at radius 3 is 2.71 bits per heavy atom. The monoisotopic (exact) mass is 282 g/mol. The number of aryl methyl sites for hydroxylation is 1. The van der Waals surface area contributed by atoms with E-state index in [4.69, 9.17) is 0 Å². The van der Waals surface area contributed by atoms with E-state index in [1.165, 1.54) is 0 Å². The molecule has 0 heterocycles. The van der Waals surface area contributed by atoms with Gasteiger partial charge in [-0.3, -0.25) is 4.79 Å². The molecular formula is C18H22N2O. The van der Waals surface area contributed by atoms with E-state index >= 15 is 0 Å². The third-order valence-corrected chi connectivity index (χ3v) is 3.98. The summed E-state index contributed by atoms with van der Waals surface area (Å²) in [5.74, 6) is 0.258. The summed E-state index contributed by atoms with van der Waals surface area (Å²) in [6.07, 6.45) is 4.01. The summed E-state index contributed by atoms with van der Waals surface area (Å²) in [6, 6.07) is 7.51. The first-order valence-electron chi connectivity index (χ1n) is 7.24. The van der Waals surface area contributed by atoms with E-state index in [0.717, 1.165) is 35.3 Å². The van der Waals surface area contributed by atoms with E-state index in [1.807, 2.05) is 45.0 Å². The topological polar surface area (TPSA) is 41.5 Å². The predicted molar refractivity (Wildman–Crippen MR) is 87.4 cm³/mol. The third-order valence-electron chi connectivity index (χ3n) is 3.98.